The normalized spacial score (nSPS) is 19.5. The molecule has 1 N–H and O–H groups in total. The lowest BCUT2D eigenvalue weighted by Crippen LogP contribution is -2.36. The quantitative estimate of drug-likeness (QED) is 0.932. The molecule has 21 heavy (non-hydrogen) atoms. The third-order valence-corrected chi connectivity index (χ3v) is 4.90. The summed E-state index contributed by atoms with van der Waals surface area (Å²) in [6.07, 6.45) is 2.69. The van der Waals surface area contributed by atoms with E-state index in [1.165, 1.54) is 54.6 Å². The monoisotopic (exact) mass is 285 g/mol. The fourth-order valence-electron chi connectivity index (χ4n) is 3.70. The van der Waals surface area contributed by atoms with Crippen LogP contribution in [0.25, 0.3) is 10.9 Å². The van der Waals surface area contributed by atoms with E-state index < -0.39 is 0 Å². The molecular weight excluding hydrogens is 258 g/mol. The summed E-state index contributed by atoms with van der Waals surface area (Å²) in [5.41, 5.74) is 4.22. The predicted octanol–water partition coefficient (Wildman–Crippen LogP) is 2.92. The van der Waals surface area contributed by atoms with Gasteiger partial charge < -0.3 is 14.8 Å². The van der Waals surface area contributed by atoms with Crippen LogP contribution in [0.1, 0.15) is 24.1 Å². The van der Waals surface area contributed by atoms with Gasteiger partial charge in [-0.05, 0) is 57.5 Å². The van der Waals surface area contributed by atoms with Crippen LogP contribution in [0.3, 0.4) is 0 Å². The predicted molar refractivity (Wildman–Crippen MR) is 89.6 cm³/mol. The van der Waals surface area contributed by atoms with Gasteiger partial charge in [0.25, 0.3) is 0 Å². The SMILES string of the molecule is Cc1c(CN(C)CC2CCCNC2)n(C)c2ccccc12. The topological polar surface area (TPSA) is 20.2 Å². The van der Waals surface area contributed by atoms with Gasteiger partial charge in [0, 0.05) is 36.7 Å². The first-order chi connectivity index (χ1) is 10.2. The van der Waals surface area contributed by atoms with Crippen molar-refractivity contribution in [3.05, 3.63) is 35.5 Å². The summed E-state index contributed by atoms with van der Waals surface area (Å²) in [5, 5.41) is 4.91. The Bertz CT molecular complexity index is 569. The molecule has 2 aromatic rings. The molecule has 0 amide bonds. The van der Waals surface area contributed by atoms with Crippen LogP contribution in [-0.2, 0) is 13.6 Å². The smallest absolute Gasteiger partial charge is 0.0483 e. The molecule has 3 nitrogen and oxygen atoms in total. The highest BCUT2D eigenvalue weighted by atomic mass is 15.1. The minimum Gasteiger partial charge on any atom is -0.346 e. The van der Waals surface area contributed by atoms with Crippen LogP contribution in [0, 0.1) is 12.8 Å². The Kier molecular flexibility index (Phi) is 4.32. The molecule has 1 aromatic carbocycles. The Balaban J connectivity index is 1.75. The fourth-order valence-corrected chi connectivity index (χ4v) is 3.70. The van der Waals surface area contributed by atoms with Crippen LogP contribution >= 0.6 is 0 Å². The van der Waals surface area contributed by atoms with E-state index in [0.29, 0.717) is 0 Å². The maximum Gasteiger partial charge on any atom is 0.0483 e. The highest BCUT2D eigenvalue weighted by Gasteiger charge is 2.17. The van der Waals surface area contributed by atoms with E-state index in [1.807, 2.05) is 0 Å². The molecule has 3 rings (SSSR count). The van der Waals surface area contributed by atoms with Crippen molar-refractivity contribution in [1.29, 1.82) is 0 Å². The van der Waals surface area contributed by atoms with Gasteiger partial charge in [0.15, 0.2) is 0 Å². The first-order valence-corrected chi connectivity index (χ1v) is 8.09. The van der Waals surface area contributed by atoms with Gasteiger partial charge in [0.05, 0.1) is 0 Å². The average Bonchev–Trinajstić information content (AvgIpc) is 2.74. The van der Waals surface area contributed by atoms with Gasteiger partial charge >= 0.3 is 0 Å². The number of nitrogens with one attached hydrogen (secondary N) is 1. The van der Waals surface area contributed by atoms with Crippen molar-refractivity contribution in [2.24, 2.45) is 13.0 Å². The zero-order chi connectivity index (χ0) is 14.8. The van der Waals surface area contributed by atoms with Crippen molar-refractivity contribution >= 4 is 10.9 Å². The fraction of sp³-hybridized carbons (Fsp3) is 0.556. The molecule has 0 spiro atoms. The minimum absolute atomic E-state index is 0.804. The highest BCUT2D eigenvalue weighted by Crippen LogP contribution is 2.25. The number of benzene rings is 1. The van der Waals surface area contributed by atoms with E-state index in [0.717, 1.165) is 12.5 Å². The van der Waals surface area contributed by atoms with Crippen LogP contribution in [0.5, 0.6) is 0 Å². The zero-order valence-electron chi connectivity index (χ0n) is 13.5. The van der Waals surface area contributed by atoms with E-state index in [4.69, 9.17) is 0 Å². The van der Waals surface area contributed by atoms with E-state index in [1.54, 1.807) is 0 Å². The molecular formula is C18H27N3. The number of nitrogens with zero attached hydrogens (tertiary/aromatic N) is 2. The van der Waals surface area contributed by atoms with Crippen molar-refractivity contribution in [2.75, 3.05) is 26.7 Å². The molecule has 0 aliphatic carbocycles. The van der Waals surface area contributed by atoms with E-state index in [9.17, 15) is 0 Å². The van der Waals surface area contributed by atoms with Gasteiger partial charge in [-0.3, -0.25) is 0 Å². The Labute approximate surface area is 127 Å². The number of hydrogen-bond donors (Lipinski definition) is 1. The Hall–Kier alpha value is -1.32. The average molecular weight is 285 g/mol. The summed E-state index contributed by atoms with van der Waals surface area (Å²) in [6, 6.07) is 8.72. The maximum absolute atomic E-state index is 3.52. The van der Waals surface area contributed by atoms with Crippen LogP contribution in [-0.4, -0.2) is 36.1 Å². The van der Waals surface area contributed by atoms with Crippen molar-refractivity contribution in [1.82, 2.24) is 14.8 Å². The second-order valence-corrected chi connectivity index (χ2v) is 6.56. The van der Waals surface area contributed by atoms with Gasteiger partial charge in [-0.25, -0.2) is 0 Å². The molecule has 1 saturated heterocycles. The molecule has 0 saturated carbocycles. The zero-order valence-corrected chi connectivity index (χ0v) is 13.5. The third-order valence-electron chi connectivity index (χ3n) is 4.90. The standard InChI is InChI=1S/C18H27N3/c1-14-16-8-4-5-9-17(16)21(3)18(14)13-20(2)12-15-7-6-10-19-11-15/h4-5,8-9,15,19H,6-7,10-13H2,1-3H3. The van der Waals surface area contributed by atoms with E-state index in [-0.39, 0.29) is 0 Å². The number of aromatic nitrogens is 1. The van der Waals surface area contributed by atoms with Gasteiger partial charge in [0.1, 0.15) is 0 Å². The van der Waals surface area contributed by atoms with Crippen LogP contribution in [0.4, 0.5) is 0 Å². The molecule has 1 aliphatic heterocycles. The van der Waals surface area contributed by atoms with Crippen LogP contribution in [0.15, 0.2) is 24.3 Å². The molecule has 1 unspecified atom stereocenters. The first-order valence-electron chi connectivity index (χ1n) is 8.09. The van der Waals surface area contributed by atoms with Crippen LogP contribution < -0.4 is 5.32 Å². The number of piperidine rings is 1. The molecule has 1 aliphatic rings. The Morgan fingerprint density at radius 1 is 1.33 bits per heavy atom. The number of rotatable bonds is 4. The molecule has 1 atom stereocenters. The van der Waals surface area contributed by atoms with Crippen molar-refractivity contribution in [3.8, 4) is 0 Å². The Morgan fingerprint density at radius 2 is 2.14 bits per heavy atom. The van der Waals surface area contributed by atoms with Gasteiger partial charge in [0.2, 0.25) is 0 Å². The molecule has 2 heterocycles. The third kappa shape index (κ3) is 2.99. The Morgan fingerprint density at radius 3 is 2.86 bits per heavy atom. The minimum atomic E-state index is 0.804. The van der Waals surface area contributed by atoms with Crippen LogP contribution in [0.2, 0.25) is 0 Å². The summed E-state index contributed by atoms with van der Waals surface area (Å²) in [7, 11) is 4.45. The molecule has 1 fully saturated rings. The molecule has 0 radical (unpaired) electrons. The van der Waals surface area contributed by atoms with Gasteiger partial charge in [-0.2, -0.15) is 0 Å². The second-order valence-electron chi connectivity index (χ2n) is 6.56. The molecule has 0 bridgehead atoms. The van der Waals surface area contributed by atoms with Crippen molar-refractivity contribution < 1.29 is 0 Å². The lowest BCUT2D eigenvalue weighted by atomic mass is 9.99. The van der Waals surface area contributed by atoms with Crippen molar-refractivity contribution in [2.45, 2.75) is 26.3 Å². The van der Waals surface area contributed by atoms with Crippen molar-refractivity contribution in [3.63, 3.8) is 0 Å². The summed E-state index contributed by atoms with van der Waals surface area (Å²) in [5.74, 6) is 0.804. The molecule has 114 valence electrons. The summed E-state index contributed by atoms with van der Waals surface area (Å²) in [4.78, 5) is 2.48. The number of aryl methyl sites for hydroxylation is 2. The van der Waals surface area contributed by atoms with E-state index >= 15 is 0 Å². The summed E-state index contributed by atoms with van der Waals surface area (Å²) in [6.45, 7) is 6.86. The first kappa shape index (κ1) is 14.6. The molecule has 3 heteroatoms. The lowest BCUT2D eigenvalue weighted by Gasteiger charge is -2.28. The number of fused-ring (bicyclic) bond motifs is 1. The summed E-state index contributed by atoms with van der Waals surface area (Å²) < 4.78 is 2.36. The maximum atomic E-state index is 3.52. The molecule has 1 aromatic heterocycles. The highest BCUT2D eigenvalue weighted by molar-refractivity contribution is 5.85. The van der Waals surface area contributed by atoms with Gasteiger partial charge in [-0.1, -0.05) is 18.2 Å². The summed E-state index contributed by atoms with van der Waals surface area (Å²) >= 11 is 0. The lowest BCUT2D eigenvalue weighted by molar-refractivity contribution is 0.234. The largest absolute Gasteiger partial charge is 0.346 e. The number of hydrogen-bond acceptors (Lipinski definition) is 2. The van der Waals surface area contributed by atoms with Gasteiger partial charge in [-0.15, -0.1) is 0 Å². The second kappa shape index (κ2) is 6.20. The number of para-hydroxylation sites is 1. The van der Waals surface area contributed by atoms with E-state index in [2.05, 4.69) is 60.1 Å².